The van der Waals surface area contributed by atoms with Gasteiger partial charge in [-0.05, 0) is 21.9 Å². The monoisotopic (exact) mass is 120 g/mol. The molecule has 0 saturated heterocycles. The van der Waals surface area contributed by atoms with Crippen LogP contribution in [0.3, 0.4) is 0 Å². The number of rotatable bonds is 0. The fraction of sp³-hybridized carbons (Fsp3) is 0.500. The van der Waals surface area contributed by atoms with Gasteiger partial charge in [0.15, 0.2) is 0 Å². The van der Waals surface area contributed by atoms with Crippen LogP contribution in [-0.4, -0.2) is 21.9 Å². The molecule has 6 heavy (non-hydrogen) atoms. The lowest BCUT2D eigenvalue weighted by molar-refractivity contribution is 2.50. The van der Waals surface area contributed by atoms with Gasteiger partial charge in [-0.3, -0.25) is 0 Å². The summed E-state index contributed by atoms with van der Waals surface area (Å²) in [7, 11) is 1.18. The van der Waals surface area contributed by atoms with E-state index in [-0.39, 0.29) is 0 Å². The average molecular weight is 120 g/mol. The molecule has 0 N–H and O–H groups in total. The normalized spacial score (nSPS) is 42.3. The van der Waals surface area contributed by atoms with Gasteiger partial charge in [0.05, 0.1) is 0 Å². The van der Waals surface area contributed by atoms with Crippen molar-refractivity contribution >= 4 is 30.4 Å². The van der Waals surface area contributed by atoms with E-state index in [4.69, 9.17) is 0 Å². The van der Waals surface area contributed by atoms with Crippen molar-refractivity contribution in [3.63, 3.8) is 0 Å². The molecule has 0 nitrogen and oxygen atoms in total. The van der Waals surface area contributed by atoms with Crippen LogP contribution in [0, 0.1) is 0 Å². The maximum atomic E-state index is 2.39. The van der Waals surface area contributed by atoms with E-state index in [0.717, 1.165) is 0 Å². The van der Waals surface area contributed by atoms with Crippen LogP contribution < -0.4 is 0 Å². The summed E-state index contributed by atoms with van der Waals surface area (Å²) in [5.41, 5.74) is 0. The van der Waals surface area contributed by atoms with Crippen LogP contribution in [0.2, 0.25) is 0 Å². The van der Waals surface area contributed by atoms with Gasteiger partial charge in [0, 0.05) is 0 Å². The van der Waals surface area contributed by atoms with Crippen molar-refractivity contribution < 1.29 is 0 Å². The van der Waals surface area contributed by atoms with E-state index in [1.807, 2.05) is 0 Å². The van der Waals surface area contributed by atoms with E-state index in [1.54, 1.807) is 0 Å². The van der Waals surface area contributed by atoms with Crippen molar-refractivity contribution in [1.29, 1.82) is 0 Å². The Bertz CT molecular complexity index is 100. The molecule has 36 valence electrons. The van der Waals surface area contributed by atoms with Gasteiger partial charge in [0.25, 0.3) is 0 Å². The van der Waals surface area contributed by atoms with E-state index in [1.165, 1.54) is 0 Å². The van der Waals surface area contributed by atoms with Crippen LogP contribution in [0.25, 0.3) is 0 Å². The lowest BCUT2D eigenvalue weighted by atomic mass is 11.8. The van der Waals surface area contributed by atoms with E-state index in [2.05, 4.69) is 21.9 Å². The molecule has 0 amide bonds. The molecule has 1 aliphatic rings. The molecule has 0 atom stereocenters. The van der Waals surface area contributed by atoms with E-state index < -0.39 is 0 Å². The molecule has 0 unspecified atom stereocenters. The second-order valence-corrected chi connectivity index (χ2v) is 5.38. The molecule has 0 aliphatic carbocycles. The zero-order valence-corrected chi connectivity index (χ0v) is 5.60. The minimum absolute atomic E-state index is 0.590. The van der Waals surface area contributed by atoms with Crippen molar-refractivity contribution in [2.45, 2.75) is 0 Å². The van der Waals surface area contributed by atoms with Crippen molar-refractivity contribution in [2.24, 2.45) is 0 Å². The Balaban J connectivity index is 2.57. The fourth-order valence-electron chi connectivity index (χ4n) is 0.470. The second kappa shape index (κ2) is 1.51. The Morgan fingerprint density at radius 2 is 1.33 bits per heavy atom. The summed E-state index contributed by atoms with van der Waals surface area (Å²) in [6.07, 6.45) is 4.49. The molecule has 0 aromatic heterocycles. The summed E-state index contributed by atoms with van der Waals surface area (Å²) in [6, 6.07) is 0. The fourth-order valence-corrected chi connectivity index (χ4v) is 4.23. The first kappa shape index (κ1) is 4.60. The first-order chi connectivity index (χ1) is 2.79. The molecule has 0 radical (unpaired) electrons. The summed E-state index contributed by atoms with van der Waals surface area (Å²) < 4.78 is 4.78. The third-order valence-electron chi connectivity index (χ3n) is 0.607. The lowest BCUT2D eigenvalue weighted by Gasteiger charge is -2.06. The third-order valence-corrected chi connectivity index (χ3v) is 5.46. The largest absolute Gasteiger partial charge is 0.153 e. The Morgan fingerprint density at radius 1 is 1.00 bits per heavy atom. The zero-order chi connectivity index (χ0) is 4.57. The van der Waals surface area contributed by atoms with E-state index in [0.29, 0.717) is 21.0 Å². The highest BCUT2D eigenvalue weighted by molar-refractivity contribution is 8.58. The Kier molecular flexibility index (Phi) is 1.15. The quantitative estimate of drug-likeness (QED) is 0.423. The Morgan fingerprint density at radius 3 is 1.33 bits per heavy atom. The Hall–Kier alpha value is 0.440. The molecule has 0 spiro atoms. The molecule has 1 heterocycles. The average Bonchev–Trinajstić information content (AvgIpc) is 1.33. The minimum Gasteiger partial charge on any atom is -0.153 e. The lowest BCUT2D eigenvalue weighted by Crippen LogP contribution is -1.83. The minimum atomic E-state index is 0.590. The first-order valence-corrected chi connectivity index (χ1v) is 5.28. The molecule has 0 bridgehead atoms. The van der Waals surface area contributed by atoms with Crippen LogP contribution in [0.5, 0.6) is 0 Å². The summed E-state index contributed by atoms with van der Waals surface area (Å²) in [6.45, 7) is 0. The SMILES string of the molecule is CS1=CS(C)=C1. The molecule has 0 aromatic carbocycles. The topological polar surface area (TPSA) is 0 Å². The van der Waals surface area contributed by atoms with Gasteiger partial charge in [0.2, 0.25) is 0 Å². The van der Waals surface area contributed by atoms with Gasteiger partial charge in [-0.2, -0.15) is 21.0 Å². The van der Waals surface area contributed by atoms with Crippen molar-refractivity contribution in [2.75, 3.05) is 12.5 Å². The van der Waals surface area contributed by atoms with Gasteiger partial charge >= 0.3 is 0 Å². The van der Waals surface area contributed by atoms with Crippen LogP contribution in [0.4, 0.5) is 0 Å². The summed E-state index contributed by atoms with van der Waals surface area (Å²) in [5.74, 6) is 0. The molecule has 0 fully saturated rings. The number of hydrogen-bond acceptors (Lipinski definition) is 0. The predicted molar refractivity (Wildman–Crippen MR) is 39.2 cm³/mol. The standard InChI is InChI=1S/C4H8S2/c1-5-3-6(2)4-5/h3-4H,1-2H3. The van der Waals surface area contributed by atoms with Gasteiger partial charge in [0.1, 0.15) is 0 Å². The summed E-state index contributed by atoms with van der Waals surface area (Å²) >= 11 is 0. The van der Waals surface area contributed by atoms with Crippen LogP contribution in [0.1, 0.15) is 0 Å². The van der Waals surface area contributed by atoms with Crippen molar-refractivity contribution in [3.8, 4) is 0 Å². The first-order valence-electron chi connectivity index (χ1n) is 1.76. The molecule has 1 aliphatic heterocycles. The van der Waals surface area contributed by atoms with Gasteiger partial charge in [-0.15, -0.1) is 0 Å². The highest BCUT2D eigenvalue weighted by Gasteiger charge is 1.90. The molecular formula is C4H8S2. The van der Waals surface area contributed by atoms with Gasteiger partial charge in [-0.25, -0.2) is 0 Å². The maximum absolute atomic E-state index is 2.39. The summed E-state index contributed by atoms with van der Waals surface area (Å²) in [5, 5.41) is 0. The summed E-state index contributed by atoms with van der Waals surface area (Å²) in [4.78, 5) is 0. The zero-order valence-electron chi connectivity index (χ0n) is 3.97. The van der Waals surface area contributed by atoms with Crippen LogP contribution in [-0.2, 0) is 0 Å². The van der Waals surface area contributed by atoms with Crippen LogP contribution >= 0.6 is 21.0 Å². The van der Waals surface area contributed by atoms with E-state index in [9.17, 15) is 0 Å². The van der Waals surface area contributed by atoms with Gasteiger partial charge in [-0.1, -0.05) is 0 Å². The predicted octanol–water partition coefficient (Wildman–Crippen LogP) is 1.32. The van der Waals surface area contributed by atoms with Crippen molar-refractivity contribution in [1.82, 2.24) is 0 Å². The smallest absolute Gasteiger partial charge is 0.00713 e. The third kappa shape index (κ3) is 0.738. The molecule has 2 heteroatoms. The molecular weight excluding hydrogens is 112 g/mol. The van der Waals surface area contributed by atoms with Crippen LogP contribution in [0.15, 0.2) is 0 Å². The van der Waals surface area contributed by atoms with Gasteiger partial charge < -0.3 is 0 Å². The second-order valence-electron chi connectivity index (χ2n) is 1.41. The Labute approximate surface area is 43.4 Å². The van der Waals surface area contributed by atoms with Crippen molar-refractivity contribution in [3.05, 3.63) is 0 Å². The van der Waals surface area contributed by atoms with E-state index >= 15 is 0 Å². The highest BCUT2D eigenvalue weighted by atomic mass is 32.3. The molecule has 0 saturated carbocycles. The molecule has 1 rings (SSSR count). The number of hydrogen-bond donors (Lipinski definition) is 0. The molecule has 0 aromatic rings. The highest BCUT2D eigenvalue weighted by Crippen LogP contribution is 2.23. The maximum Gasteiger partial charge on any atom is -0.00713 e.